The van der Waals surface area contributed by atoms with E-state index in [4.69, 9.17) is 0 Å². The first kappa shape index (κ1) is 28.2. The molecular weight excluding hydrogens is 376 g/mol. The molecule has 182 valence electrons. The molecule has 2 atom stereocenters. The van der Waals surface area contributed by atoms with E-state index in [2.05, 4.69) is 49.6 Å². The zero-order valence-corrected chi connectivity index (χ0v) is 21.9. The Morgan fingerprint density at radius 3 is 1.61 bits per heavy atom. The lowest BCUT2D eigenvalue weighted by Gasteiger charge is -2.17. The number of imidazole rings is 1. The molecule has 1 aromatic rings. The Bertz CT molecular complexity index is 493. The van der Waals surface area contributed by atoms with Crippen molar-refractivity contribution in [1.82, 2.24) is 4.98 Å². The van der Waals surface area contributed by atoms with Gasteiger partial charge < -0.3 is 0 Å². The smallest absolute Gasteiger partial charge is 0.247 e. The monoisotopic (exact) mass is 433 g/mol. The largest absolute Gasteiger partial charge is 0.257 e. The topological polar surface area (TPSA) is 19.7 Å². The van der Waals surface area contributed by atoms with Gasteiger partial charge in [0.2, 0.25) is 0 Å². The maximum Gasteiger partial charge on any atom is 0.257 e. The minimum atomic E-state index is 0.625. The molecule has 31 heavy (non-hydrogen) atoms. The average Bonchev–Trinajstić information content (AvgIpc) is 3.26. The van der Waals surface area contributed by atoms with E-state index in [0.717, 1.165) is 0 Å². The number of H-pyrrole nitrogens is 1. The second kappa shape index (κ2) is 19.9. The zero-order valence-electron chi connectivity index (χ0n) is 21.9. The molecule has 1 rings (SSSR count). The minimum absolute atomic E-state index is 0.625. The third-order valence-electron chi connectivity index (χ3n) is 7.14. The van der Waals surface area contributed by atoms with Crippen LogP contribution in [0.5, 0.6) is 0 Å². The molecule has 2 unspecified atom stereocenters. The van der Waals surface area contributed by atoms with E-state index in [9.17, 15) is 0 Å². The Hall–Kier alpha value is -0.790. The van der Waals surface area contributed by atoms with Crippen molar-refractivity contribution < 1.29 is 4.57 Å². The van der Waals surface area contributed by atoms with Crippen LogP contribution in [0.15, 0.2) is 12.4 Å². The van der Waals surface area contributed by atoms with Gasteiger partial charge in [-0.15, -0.1) is 0 Å². The van der Waals surface area contributed by atoms with Crippen molar-refractivity contribution in [1.29, 1.82) is 0 Å². The van der Waals surface area contributed by atoms with Crippen LogP contribution in [-0.2, 0) is 0 Å². The summed E-state index contributed by atoms with van der Waals surface area (Å²) in [5, 5.41) is 0. The van der Waals surface area contributed by atoms with Gasteiger partial charge in [-0.05, 0) is 32.6 Å². The Kier molecular flexibility index (Phi) is 18.1. The summed E-state index contributed by atoms with van der Waals surface area (Å²) in [6.07, 6.45) is 32.4. The first-order valence-corrected chi connectivity index (χ1v) is 14.3. The van der Waals surface area contributed by atoms with Crippen LogP contribution < -0.4 is 4.57 Å². The number of aromatic nitrogens is 2. The second-order valence-corrected chi connectivity index (χ2v) is 10.1. The summed E-state index contributed by atoms with van der Waals surface area (Å²) in [6, 6.07) is 0.625. The molecule has 1 N–H and O–H groups in total. The van der Waals surface area contributed by atoms with Gasteiger partial charge in [0.1, 0.15) is 12.4 Å². The highest BCUT2D eigenvalue weighted by Gasteiger charge is 2.25. The molecule has 1 aromatic heterocycles. The standard InChI is InChI=1S/C29H56N2/c1-5-8-11-13-14-15-16-17-18-20-22-27(4)31-26-25-30-29(31)28(23-19-10-7-3)24-21-12-9-6-2/h25-28H,5-24H2,1-4H3/p+1. The molecule has 0 fully saturated rings. The molecule has 0 saturated heterocycles. The lowest BCUT2D eigenvalue weighted by atomic mass is 9.93. The Morgan fingerprint density at radius 2 is 1.03 bits per heavy atom. The molecule has 0 aliphatic carbocycles. The van der Waals surface area contributed by atoms with Gasteiger partial charge in [-0.2, -0.15) is 0 Å². The fourth-order valence-corrected chi connectivity index (χ4v) is 5.01. The fourth-order valence-electron chi connectivity index (χ4n) is 5.01. The highest BCUT2D eigenvalue weighted by atomic mass is 15.1. The van der Waals surface area contributed by atoms with Crippen LogP contribution >= 0.6 is 0 Å². The normalized spacial score (nSPS) is 13.5. The molecule has 0 spiro atoms. The summed E-state index contributed by atoms with van der Waals surface area (Å²) in [6.45, 7) is 9.37. The summed E-state index contributed by atoms with van der Waals surface area (Å²) in [4.78, 5) is 3.66. The van der Waals surface area contributed by atoms with E-state index in [0.29, 0.717) is 12.0 Å². The molecule has 0 bridgehead atoms. The average molecular weight is 434 g/mol. The third-order valence-corrected chi connectivity index (χ3v) is 7.14. The minimum Gasteiger partial charge on any atom is -0.247 e. The maximum atomic E-state index is 3.66. The highest BCUT2D eigenvalue weighted by Crippen LogP contribution is 2.26. The SMILES string of the molecule is CCCCCCCCCCCCC(C)[n+]1cc[nH]c1C(CCCCC)CCCCCC. The van der Waals surface area contributed by atoms with E-state index in [1.165, 1.54) is 134 Å². The quantitative estimate of drug-likeness (QED) is 0.139. The predicted molar refractivity (Wildman–Crippen MR) is 138 cm³/mol. The Morgan fingerprint density at radius 1 is 0.613 bits per heavy atom. The first-order valence-electron chi connectivity index (χ1n) is 14.3. The summed E-state index contributed by atoms with van der Waals surface area (Å²) >= 11 is 0. The lowest BCUT2D eigenvalue weighted by molar-refractivity contribution is -0.727. The number of hydrogen-bond acceptors (Lipinski definition) is 0. The maximum absolute atomic E-state index is 3.66. The molecule has 0 radical (unpaired) electrons. The number of unbranched alkanes of at least 4 members (excludes halogenated alkanes) is 14. The van der Waals surface area contributed by atoms with Gasteiger partial charge in [0.25, 0.3) is 5.82 Å². The van der Waals surface area contributed by atoms with Crippen LogP contribution in [-0.4, -0.2) is 4.98 Å². The molecule has 0 aliphatic rings. The van der Waals surface area contributed by atoms with Crippen LogP contribution in [0, 0.1) is 0 Å². The number of hydrogen-bond donors (Lipinski definition) is 1. The number of rotatable bonds is 22. The molecule has 0 saturated carbocycles. The van der Waals surface area contributed by atoms with Gasteiger partial charge in [0.05, 0.1) is 12.0 Å². The van der Waals surface area contributed by atoms with Crippen LogP contribution in [0.4, 0.5) is 0 Å². The van der Waals surface area contributed by atoms with Crippen molar-refractivity contribution in [3.05, 3.63) is 18.2 Å². The predicted octanol–water partition coefficient (Wildman–Crippen LogP) is 9.81. The molecule has 0 aromatic carbocycles. The van der Waals surface area contributed by atoms with Crippen LogP contribution in [0.1, 0.15) is 174 Å². The van der Waals surface area contributed by atoms with Crippen molar-refractivity contribution in [2.24, 2.45) is 0 Å². The summed E-state index contributed by atoms with van der Waals surface area (Å²) in [5.41, 5.74) is 0. The van der Waals surface area contributed by atoms with Crippen LogP contribution in [0.2, 0.25) is 0 Å². The third kappa shape index (κ3) is 13.4. The molecule has 2 nitrogen and oxygen atoms in total. The molecule has 1 heterocycles. The summed E-state index contributed by atoms with van der Waals surface area (Å²) in [7, 11) is 0. The molecule has 0 amide bonds. The van der Waals surface area contributed by atoms with E-state index in [1.54, 1.807) is 0 Å². The van der Waals surface area contributed by atoms with Crippen LogP contribution in [0.3, 0.4) is 0 Å². The van der Waals surface area contributed by atoms with Gasteiger partial charge in [-0.25, -0.2) is 9.55 Å². The van der Waals surface area contributed by atoms with Crippen molar-refractivity contribution in [2.45, 2.75) is 168 Å². The second-order valence-electron chi connectivity index (χ2n) is 10.1. The van der Waals surface area contributed by atoms with Gasteiger partial charge in [0.15, 0.2) is 0 Å². The van der Waals surface area contributed by atoms with Crippen molar-refractivity contribution >= 4 is 0 Å². The molecule has 0 aliphatic heterocycles. The van der Waals surface area contributed by atoms with E-state index >= 15 is 0 Å². The lowest BCUT2D eigenvalue weighted by Crippen LogP contribution is -2.41. The van der Waals surface area contributed by atoms with Crippen LogP contribution in [0.25, 0.3) is 0 Å². The Labute approximate surface area is 196 Å². The van der Waals surface area contributed by atoms with E-state index in [-0.39, 0.29) is 0 Å². The van der Waals surface area contributed by atoms with Crippen molar-refractivity contribution in [3.8, 4) is 0 Å². The van der Waals surface area contributed by atoms with Crippen molar-refractivity contribution in [3.63, 3.8) is 0 Å². The highest BCUT2D eigenvalue weighted by molar-refractivity contribution is 4.90. The van der Waals surface area contributed by atoms with Crippen molar-refractivity contribution in [2.75, 3.05) is 0 Å². The fraction of sp³-hybridized carbons (Fsp3) is 0.897. The van der Waals surface area contributed by atoms with Gasteiger partial charge in [-0.3, -0.25) is 0 Å². The number of aromatic amines is 1. The first-order chi connectivity index (χ1) is 15.2. The number of nitrogens with one attached hydrogen (secondary N) is 1. The number of nitrogens with zero attached hydrogens (tertiary/aromatic N) is 1. The van der Waals surface area contributed by atoms with Gasteiger partial charge in [-0.1, -0.05) is 124 Å². The van der Waals surface area contributed by atoms with Gasteiger partial charge >= 0.3 is 0 Å². The zero-order chi connectivity index (χ0) is 22.6. The summed E-state index contributed by atoms with van der Waals surface area (Å²) in [5.74, 6) is 2.22. The Balaban J connectivity index is 2.37. The van der Waals surface area contributed by atoms with E-state index in [1.807, 2.05) is 0 Å². The van der Waals surface area contributed by atoms with Gasteiger partial charge in [0, 0.05) is 0 Å². The molecule has 2 heteroatoms. The molecular formula is C29H57N2+. The van der Waals surface area contributed by atoms with E-state index < -0.39 is 0 Å². The summed E-state index contributed by atoms with van der Waals surface area (Å²) < 4.78 is 2.59.